The summed E-state index contributed by atoms with van der Waals surface area (Å²) in [7, 11) is 1.55. The lowest BCUT2D eigenvalue weighted by Gasteiger charge is -1.98. The summed E-state index contributed by atoms with van der Waals surface area (Å²) in [5.41, 5.74) is 0.736. The molecule has 0 amide bonds. The molecular weight excluding hydrogens is 192 g/mol. The summed E-state index contributed by atoms with van der Waals surface area (Å²) in [5.74, 6) is 0. The van der Waals surface area contributed by atoms with Gasteiger partial charge in [0.15, 0.2) is 5.69 Å². The molecule has 0 spiro atoms. The number of aryl methyl sites for hydroxylation is 1. The van der Waals surface area contributed by atoms with E-state index in [1.165, 1.54) is 11.5 Å². The van der Waals surface area contributed by atoms with Crippen molar-refractivity contribution >= 4 is 28.8 Å². The molecule has 0 aliphatic carbocycles. The molecule has 0 atom stereocenters. The van der Waals surface area contributed by atoms with Gasteiger partial charge in [-0.3, -0.25) is 0 Å². The lowest BCUT2D eigenvalue weighted by molar-refractivity contribution is 0.414. The van der Waals surface area contributed by atoms with Crippen LogP contribution in [0.5, 0.6) is 0 Å². The number of nitrogens with zero attached hydrogens (tertiary/aromatic N) is 2. The van der Waals surface area contributed by atoms with Crippen molar-refractivity contribution in [3.63, 3.8) is 0 Å². The first-order valence-electron chi connectivity index (χ1n) is 3.69. The lowest BCUT2D eigenvalue weighted by Crippen LogP contribution is -2.03. The first-order chi connectivity index (χ1) is 5.79. The summed E-state index contributed by atoms with van der Waals surface area (Å²) in [5, 5.41) is 4.35. The summed E-state index contributed by atoms with van der Waals surface area (Å²) in [6.07, 6.45) is 2.04. The van der Waals surface area contributed by atoms with Crippen molar-refractivity contribution in [3.05, 3.63) is 10.6 Å². The second kappa shape index (κ2) is 4.47. The molecule has 0 bridgehead atoms. The Morgan fingerprint density at radius 1 is 1.67 bits per heavy atom. The van der Waals surface area contributed by atoms with Crippen LogP contribution in [0.1, 0.15) is 23.9 Å². The minimum atomic E-state index is 0.437. The van der Waals surface area contributed by atoms with Gasteiger partial charge in [0.1, 0.15) is 0 Å². The van der Waals surface area contributed by atoms with Gasteiger partial charge in [0.05, 0.1) is 12.0 Å². The first kappa shape index (κ1) is 9.54. The normalized spacial score (nSPS) is 9.83. The fraction of sp³-hybridized carbons (Fsp3) is 0.571. The molecule has 1 aromatic rings. The van der Waals surface area contributed by atoms with E-state index in [0.717, 1.165) is 23.4 Å². The van der Waals surface area contributed by atoms with Crippen molar-refractivity contribution in [2.45, 2.75) is 19.8 Å². The fourth-order valence-corrected chi connectivity index (χ4v) is 1.82. The molecule has 1 aromatic heterocycles. The van der Waals surface area contributed by atoms with E-state index >= 15 is 0 Å². The average molecular weight is 202 g/mol. The molecule has 0 aliphatic rings. The van der Waals surface area contributed by atoms with Crippen LogP contribution in [0, 0.1) is 0 Å². The van der Waals surface area contributed by atoms with Crippen LogP contribution < -0.4 is 0 Å². The predicted octanol–water partition coefficient (Wildman–Crippen LogP) is 1.81. The van der Waals surface area contributed by atoms with Crippen LogP contribution in [0.2, 0.25) is 0 Å². The summed E-state index contributed by atoms with van der Waals surface area (Å²) in [6.45, 7) is 2.11. The molecule has 5 heteroatoms. The molecule has 0 aliphatic heterocycles. The van der Waals surface area contributed by atoms with E-state index in [4.69, 9.17) is 17.0 Å². The molecule has 1 rings (SSSR count). The minimum Gasteiger partial charge on any atom is -0.485 e. The van der Waals surface area contributed by atoms with E-state index in [1.807, 2.05) is 0 Å². The second-order valence-electron chi connectivity index (χ2n) is 2.29. The number of hydrogen-bond donors (Lipinski definition) is 0. The molecule has 0 N–H and O–H groups in total. The van der Waals surface area contributed by atoms with Gasteiger partial charge in [-0.2, -0.15) is 0 Å². The van der Waals surface area contributed by atoms with Gasteiger partial charge in [-0.05, 0) is 30.2 Å². The maximum atomic E-state index is 4.96. The van der Waals surface area contributed by atoms with Crippen molar-refractivity contribution < 1.29 is 4.74 Å². The van der Waals surface area contributed by atoms with Crippen LogP contribution in [-0.4, -0.2) is 21.7 Å². The SMILES string of the molecule is CCCc1snnc1C(=S)OC. The molecule has 0 radical (unpaired) electrons. The maximum absolute atomic E-state index is 4.96. The van der Waals surface area contributed by atoms with Crippen LogP contribution >= 0.6 is 23.8 Å². The Morgan fingerprint density at radius 3 is 3.00 bits per heavy atom. The zero-order chi connectivity index (χ0) is 8.97. The molecule has 0 fully saturated rings. The highest BCUT2D eigenvalue weighted by Crippen LogP contribution is 2.14. The van der Waals surface area contributed by atoms with Gasteiger partial charge in [-0.1, -0.05) is 17.8 Å². The molecular formula is C7H10N2OS2. The van der Waals surface area contributed by atoms with Gasteiger partial charge in [-0.25, -0.2) is 0 Å². The van der Waals surface area contributed by atoms with Gasteiger partial charge in [0.2, 0.25) is 5.05 Å². The van der Waals surface area contributed by atoms with Gasteiger partial charge in [-0.15, -0.1) is 5.10 Å². The zero-order valence-electron chi connectivity index (χ0n) is 7.03. The smallest absolute Gasteiger partial charge is 0.213 e. The Morgan fingerprint density at radius 2 is 2.42 bits per heavy atom. The van der Waals surface area contributed by atoms with Crippen LogP contribution in [0.4, 0.5) is 0 Å². The third-order valence-corrected chi connectivity index (χ3v) is 2.55. The number of hydrogen-bond acceptors (Lipinski definition) is 5. The fourth-order valence-electron chi connectivity index (χ4n) is 0.852. The Kier molecular flexibility index (Phi) is 3.55. The van der Waals surface area contributed by atoms with E-state index in [1.54, 1.807) is 7.11 Å². The van der Waals surface area contributed by atoms with Crippen LogP contribution in [0.25, 0.3) is 0 Å². The van der Waals surface area contributed by atoms with E-state index < -0.39 is 0 Å². The molecule has 12 heavy (non-hydrogen) atoms. The summed E-state index contributed by atoms with van der Waals surface area (Å²) < 4.78 is 8.75. The molecule has 0 aromatic carbocycles. The lowest BCUT2D eigenvalue weighted by atomic mass is 10.2. The van der Waals surface area contributed by atoms with Crippen molar-refractivity contribution in [1.29, 1.82) is 0 Å². The van der Waals surface area contributed by atoms with E-state index in [2.05, 4.69) is 16.5 Å². The van der Waals surface area contributed by atoms with E-state index in [9.17, 15) is 0 Å². The largest absolute Gasteiger partial charge is 0.485 e. The standard InChI is InChI=1S/C7H10N2OS2/c1-3-4-5-6(7(11)10-2)8-9-12-5/h3-4H2,1-2H3. The Balaban J connectivity index is 2.83. The Labute approximate surface area is 80.9 Å². The summed E-state index contributed by atoms with van der Waals surface area (Å²) in [4.78, 5) is 1.12. The number of thiocarbonyl (C=S) groups is 1. The number of rotatable bonds is 3. The van der Waals surface area contributed by atoms with Crippen molar-refractivity contribution in [2.75, 3.05) is 7.11 Å². The maximum Gasteiger partial charge on any atom is 0.213 e. The highest BCUT2D eigenvalue weighted by atomic mass is 32.1. The molecule has 0 saturated heterocycles. The van der Waals surface area contributed by atoms with Crippen LogP contribution in [0.3, 0.4) is 0 Å². The molecule has 66 valence electrons. The Hall–Kier alpha value is -0.550. The van der Waals surface area contributed by atoms with E-state index in [0.29, 0.717) is 5.05 Å². The highest BCUT2D eigenvalue weighted by molar-refractivity contribution is 7.80. The monoisotopic (exact) mass is 202 g/mol. The van der Waals surface area contributed by atoms with Crippen LogP contribution in [-0.2, 0) is 11.2 Å². The Bertz CT molecular complexity index is 272. The summed E-state index contributed by atoms with van der Waals surface area (Å²) in [6, 6.07) is 0. The summed E-state index contributed by atoms with van der Waals surface area (Å²) >= 11 is 6.35. The zero-order valence-corrected chi connectivity index (χ0v) is 8.67. The first-order valence-corrected chi connectivity index (χ1v) is 4.87. The third kappa shape index (κ3) is 1.98. The second-order valence-corrected chi connectivity index (χ2v) is 3.50. The van der Waals surface area contributed by atoms with Gasteiger partial charge >= 0.3 is 0 Å². The van der Waals surface area contributed by atoms with Crippen LogP contribution in [0.15, 0.2) is 0 Å². The predicted molar refractivity (Wildman–Crippen MR) is 52.6 cm³/mol. The third-order valence-electron chi connectivity index (χ3n) is 1.41. The molecule has 1 heterocycles. The molecule has 3 nitrogen and oxygen atoms in total. The average Bonchev–Trinajstić information content (AvgIpc) is 2.52. The quantitative estimate of drug-likeness (QED) is 0.700. The van der Waals surface area contributed by atoms with Gasteiger partial charge in [0.25, 0.3) is 0 Å². The van der Waals surface area contributed by atoms with Crippen molar-refractivity contribution in [3.8, 4) is 0 Å². The topological polar surface area (TPSA) is 35.0 Å². The number of aromatic nitrogens is 2. The number of methoxy groups -OCH3 is 1. The number of ether oxygens (including phenoxy) is 1. The highest BCUT2D eigenvalue weighted by Gasteiger charge is 2.11. The van der Waals surface area contributed by atoms with Gasteiger partial charge < -0.3 is 4.74 Å². The minimum absolute atomic E-state index is 0.437. The van der Waals surface area contributed by atoms with E-state index in [-0.39, 0.29) is 0 Å². The molecule has 0 saturated carbocycles. The van der Waals surface area contributed by atoms with Gasteiger partial charge in [0, 0.05) is 0 Å². The van der Waals surface area contributed by atoms with Crippen molar-refractivity contribution in [2.24, 2.45) is 0 Å². The molecule has 0 unspecified atom stereocenters. The van der Waals surface area contributed by atoms with Crippen molar-refractivity contribution in [1.82, 2.24) is 9.59 Å².